The second-order valence-electron chi connectivity index (χ2n) is 7.27. The number of H-pyrrole nitrogens is 1. The van der Waals surface area contributed by atoms with Gasteiger partial charge in [0.05, 0.1) is 7.05 Å². The monoisotopic (exact) mass is 393 g/mol. The molecule has 1 aliphatic carbocycles. The van der Waals surface area contributed by atoms with E-state index in [1.54, 1.807) is 37.5 Å². The lowest BCUT2D eigenvalue weighted by Crippen LogP contribution is -2.45. The van der Waals surface area contributed by atoms with Crippen molar-refractivity contribution in [2.45, 2.75) is 37.8 Å². The fourth-order valence-corrected chi connectivity index (χ4v) is 3.63. The summed E-state index contributed by atoms with van der Waals surface area (Å²) < 4.78 is 0. The van der Waals surface area contributed by atoms with E-state index in [0.717, 1.165) is 31.2 Å². The number of carbonyl (C=O) groups is 2. The molecule has 0 spiro atoms. The van der Waals surface area contributed by atoms with E-state index in [9.17, 15) is 9.59 Å². The summed E-state index contributed by atoms with van der Waals surface area (Å²) in [6.45, 7) is 0. The molecule has 2 amide bonds. The molecule has 3 N–H and O–H groups in total. The van der Waals surface area contributed by atoms with Crippen molar-refractivity contribution < 1.29 is 9.59 Å². The molecule has 0 saturated heterocycles. The Morgan fingerprint density at radius 3 is 2.41 bits per heavy atom. The third-order valence-corrected chi connectivity index (χ3v) is 5.10. The Labute approximate surface area is 167 Å². The largest absolute Gasteiger partial charge is 0.357 e. The predicted molar refractivity (Wildman–Crippen MR) is 106 cm³/mol. The molecule has 1 fully saturated rings. The van der Waals surface area contributed by atoms with Crippen LogP contribution in [0.3, 0.4) is 0 Å². The van der Waals surface area contributed by atoms with Crippen molar-refractivity contribution in [3.63, 3.8) is 0 Å². The zero-order valence-electron chi connectivity index (χ0n) is 16.1. The van der Waals surface area contributed by atoms with E-state index in [-0.39, 0.29) is 23.9 Å². The highest BCUT2D eigenvalue weighted by Crippen LogP contribution is 2.20. The summed E-state index contributed by atoms with van der Waals surface area (Å²) in [5.74, 6) is 0.289. The Kier molecular flexibility index (Phi) is 5.37. The molecule has 0 aliphatic heterocycles. The molecule has 3 aromatic rings. The van der Waals surface area contributed by atoms with Crippen molar-refractivity contribution in [1.29, 1.82) is 0 Å². The van der Waals surface area contributed by atoms with E-state index >= 15 is 0 Å². The van der Waals surface area contributed by atoms with E-state index in [4.69, 9.17) is 0 Å². The summed E-state index contributed by atoms with van der Waals surface area (Å²) in [6, 6.07) is 10.8. The lowest BCUT2D eigenvalue weighted by atomic mass is 9.90. The first kappa shape index (κ1) is 18.9. The number of tetrazole rings is 1. The second kappa shape index (κ2) is 8.26. The van der Waals surface area contributed by atoms with Crippen LogP contribution in [0.25, 0.3) is 11.4 Å². The molecule has 9 heteroatoms. The van der Waals surface area contributed by atoms with Crippen LogP contribution in [0.4, 0.5) is 0 Å². The first-order chi connectivity index (χ1) is 14.1. The number of nitrogens with zero attached hydrogens (tertiary/aromatic N) is 4. The minimum atomic E-state index is -0.120. The third-order valence-electron chi connectivity index (χ3n) is 5.10. The molecule has 1 aliphatic rings. The number of amides is 2. The quantitative estimate of drug-likeness (QED) is 0.610. The Balaban J connectivity index is 1.33. The summed E-state index contributed by atoms with van der Waals surface area (Å²) in [6.07, 6.45) is 5.23. The number of hydrogen-bond donors (Lipinski definition) is 3. The van der Waals surface area contributed by atoms with Crippen LogP contribution < -0.4 is 10.6 Å². The topological polar surface area (TPSA) is 118 Å². The predicted octanol–water partition coefficient (Wildman–Crippen LogP) is 1.68. The summed E-state index contributed by atoms with van der Waals surface area (Å²) in [7, 11) is 1.70. The van der Waals surface area contributed by atoms with Gasteiger partial charge in [-0.2, -0.15) is 4.80 Å². The highest BCUT2D eigenvalue weighted by molar-refractivity contribution is 5.95. The third kappa shape index (κ3) is 4.50. The van der Waals surface area contributed by atoms with Crippen molar-refractivity contribution >= 4 is 11.8 Å². The minimum Gasteiger partial charge on any atom is -0.357 e. The molecule has 2 heterocycles. The number of aromatic nitrogens is 5. The first-order valence-electron chi connectivity index (χ1n) is 9.68. The SMILES string of the molecule is Cn1nnc(-c2ccc(C(=O)N[C@@H]3CCC[C@@H](NC(=O)c4ccc[nH]4)C3)cc2)n1. The van der Waals surface area contributed by atoms with Crippen LogP contribution in [0.15, 0.2) is 42.6 Å². The molecule has 0 bridgehead atoms. The molecule has 2 atom stereocenters. The average Bonchev–Trinajstić information content (AvgIpc) is 3.40. The van der Waals surface area contributed by atoms with Crippen LogP contribution in [0, 0.1) is 0 Å². The van der Waals surface area contributed by atoms with Gasteiger partial charge in [-0.1, -0.05) is 12.1 Å². The van der Waals surface area contributed by atoms with E-state index in [1.165, 1.54) is 4.80 Å². The molecule has 150 valence electrons. The molecule has 9 nitrogen and oxygen atoms in total. The fourth-order valence-electron chi connectivity index (χ4n) is 3.63. The zero-order chi connectivity index (χ0) is 20.2. The summed E-state index contributed by atoms with van der Waals surface area (Å²) in [5, 5.41) is 18.1. The maximum atomic E-state index is 12.6. The number of aromatic amines is 1. The van der Waals surface area contributed by atoms with Crippen molar-refractivity contribution in [2.24, 2.45) is 7.05 Å². The van der Waals surface area contributed by atoms with Gasteiger partial charge in [-0.3, -0.25) is 9.59 Å². The fraction of sp³-hybridized carbons (Fsp3) is 0.350. The number of carbonyl (C=O) groups excluding carboxylic acids is 2. The van der Waals surface area contributed by atoms with Gasteiger partial charge < -0.3 is 15.6 Å². The Morgan fingerprint density at radius 1 is 1.07 bits per heavy atom. The molecule has 1 saturated carbocycles. The number of rotatable bonds is 5. The molecule has 4 rings (SSSR count). The van der Waals surface area contributed by atoms with Crippen molar-refractivity contribution in [3.05, 3.63) is 53.9 Å². The van der Waals surface area contributed by atoms with Gasteiger partial charge in [-0.25, -0.2) is 0 Å². The van der Waals surface area contributed by atoms with Gasteiger partial charge in [0.1, 0.15) is 5.69 Å². The smallest absolute Gasteiger partial charge is 0.267 e. The van der Waals surface area contributed by atoms with Gasteiger partial charge in [0.2, 0.25) is 5.82 Å². The first-order valence-corrected chi connectivity index (χ1v) is 9.68. The number of hydrogen-bond acceptors (Lipinski definition) is 5. The lowest BCUT2D eigenvalue weighted by Gasteiger charge is -2.30. The highest BCUT2D eigenvalue weighted by Gasteiger charge is 2.25. The van der Waals surface area contributed by atoms with Crippen molar-refractivity contribution in [1.82, 2.24) is 35.8 Å². The van der Waals surface area contributed by atoms with E-state index in [2.05, 4.69) is 31.0 Å². The lowest BCUT2D eigenvalue weighted by molar-refractivity contribution is 0.0900. The summed E-state index contributed by atoms with van der Waals surface area (Å²) >= 11 is 0. The maximum absolute atomic E-state index is 12.6. The molecule has 1 aromatic carbocycles. The second-order valence-corrected chi connectivity index (χ2v) is 7.27. The van der Waals surface area contributed by atoms with Gasteiger partial charge >= 0.3 is 0 Å². The molecule has 29 heavy (non-hydrogen) atoms. The van der Waals surface area contributed by atoms with Gasteiger partial charge in [0.25, 0.3) is 11.8 Å². The van der Waals surface area contributed by atoms with Gasteiger partial charge in [0, 0.05) is 29.4 Å². The standard InChI is InChI=1S/C20H23N7O2/c1-27-25-18(24-26-27)13-7-9-14(10-8-13)19(28)22-15-4-2-5-16(12-15)23-20(29)17-6-3-11-21-17/h3,6-11,15-16,21H,2,4-5,12H2,1H3,(H,22,28)(H,23,29)/t15-,16-/m1/s1. The Bertz CT molecular complexity index is 979. The molecule has 2 aromatic heterocycles. The normalized spacial score (nSPS) is 18.9. The van der Waals surface area contributed by atoms with E-state index < -0.39 is 0 Å². The molecular weight excluding hydrogens is 370 g/mol. The Morgan fingerprint density at radius 2 is 1.79 bits per heavy atom. The highest BCUT2D eigenvalue weighted by atomic mass is 16.2. The van der Waals surface area contributed by atoms with Crippen LogP contribution >= 0.6 is 0 Å². The van der Waals surface area contributed by atoms with Gasteiger partial charge in [-0.05, 0) is 55.2 Å². The summed E-state index contributed by atoms with van der Waals surface area (Å²) in [4.78, 5) is 29.2. The van der Waals surface area contributed by atoms with Crippen molar-refractivity contribution in [2.75, 3.05) is 0 Å². The van der Waals surface area contributed by atoms with Crippen molar-refractivity contribution in [3.8, 4) is 11.4 Å². The van der Waals surface area contributed by atoms with Gasteiger partial charge in [-0.15, -0.1) is 10.2 Å². The number of aryl methyl sites for hydroxylation is 1. The van der Waals surface area contributed by atoms with Crippen LogP contribution in [0.1, 0.15) is 46.5 Å². The zero-order valence-corrected chi connectivity index (χ0v) is 16.1. The van der Waals surface area contributed by atoms with Crippen LogP contribution in [0.2, 0.25) is 0 Å². The van der Waals surface area contributed by atoms with Gasteiger partial charge in [0.15, 0.2) is 0 Å². The molecule has 0 radical (unpaired) electrons. The molecule has 0 unspecified atom stereocenters. The molecular formula is C20H23N7O2. The maximum Gasteiger partial charge on any atom is 0.267 e. The van der Waals surface area contributed by atoms with E-state index in [0.29, 0.717) is 17.1 Å². The van der Waals surface area contributed by atoms with Crippen LogP contribution in [-0.2, 0) is 7.05 Å². The summed E-state index contributed by atoms with van der Waals surface area (Å²) in [5.41, 5.74) is 1.93. The average molecular weight is 393 g/mol. The minimum absolute atomic E-state index is 0.0338. The van der Waals surface area contributed by atoms with E-state index in [1.807, 2.05) is 12.1 Å². The van der Waals surface area contributed by atoms with Crippen LogP contribution in [0.5, 0.6) is 0 Å². The number of benzene rings is 1. The van der Waals surface area contributed by atoms with Crippen LogP contribution in [-0.4, -0.2) is 49.1 Å². The number of nitrogens with one attached hydrogen (secondary N) is 3. The Hall–Kier alpha value is -3.49.